The maximum absolute atomic E-state index is 12.4. The van der Waals surface area contributed by atoms with Gasteiger partial charge < -0.3 is 4.90 Å². The quantitative estimate of drug-likeness (QED) is 0.739. The average Bonchev–Trinajstić information content (AvgIpc) is 3.27. The van der Waals surface area contributed by atoms with E-state index >= 15 is 0 Å². The fraction of sp³-hybridized carbons (Fsp3) is 0.611. The topological polar surface area (TPSA) is 20.3 Å². The van der Waals surface area contributed by atoms with E-state index in [0.717, 1.165) is 19.4 Å². The fourth-order valence-electron chi connectivity index (χ4n) is 2.57. The molecule has 0 saturated heterocycles. The van der Waals surface area contributed by atoms with Crippen LogP contribution >= 0.6 is 0 Å². The van der Waals surface area contributed by atoms with E-state index in [1.165, 1.54) is 24.0 Å². The maximum atomic E-state index is 12.4. The molecule has 1 aliphatic rings. The summed E-state index contributed by atoms with van der Waals surface area (Å²) < 4.78 is 0. The highest BCUT2D eigenvalue weighted by molar-refractivity contribution is 5.77. The molecule has 20 heavy (non-hydrogen) atoms. The Morgan fingerprint density at radius 3 is 2.30 bits per heavy atom. The van der Waals surface area contributed by atoms with Crippen molar-refractivity contribution in [1.29, 1.82) is 0 Å². The Balaban J connectivity index is 1.86. The highest BCUT2D eigenvalue weighted by Crippen LogP contribution is 2.28. The SMILES string of the molecule is CCc1ccc(CCC(=O)N(CC(C)C)C2CC2)cc1. The monoisotopic (exact) mass is 273 g/mol. The molecule has 0 spiro atoms. The van der Waals surface area contributed by atoms with Gasteiger partial charge in [0.2, 0.25) is 5.91 Å². The van der Waals surface area contributed by atoms with Gasteiger partial charge in [0, 0.05) is 19.0 Å². The minimum absolute atomic E-state index is 0.334. The Morgan fingerprint density at radius 2 is 1.80 bits per heavy atom. The zero-order valence-corrected chi connectivity index (χ0v) is 13.1. The molecule has 0 aliphatic heterocycles. The standard InChI is InChI=1S/C18H27NO/c1-4-15-5-7-16(8-6-15)9-12-18(20)19(13-14(2)3)17-10-11-17/h5-8,14,17H,4,9-13H2,1-3H3. The fourth-order valence-corrected chi connectivity index (χ4v) is 2.57. The van der Waals surface area contributed by atoms with Gasteiger partial charge >= 0.3 is 0 Å². The molecular formula is C18H27NO. The van der Waals surface area contributed by atoms with E-state index in [9.17, 15) is 4.79 Å². The molecule has 1 saturated carbocycles. The highest BCUT2D eigenvalue weighted by Gasteiger charge is 2.32. The first-order valence-electron chi connectivity index (χ1n) is 7.97. The summed E-state index contributed by atoms with van der Waals surface area (Å²) in [5.41, 5.74) is 2.63. The van der Waals surface area contributed by atoms with Crippen molar-refractivity contribution in [3.63, 3.8) is 0 Å². The number of carbonyl (C=O) groups excluding carboxylic acids is 1. The van der Waals surface area contributed by atoms with Crippen molar-refractivity contribution in [3.05, 3.63) is 35.4 Å². The van der Waals surface area contributed by atoms with Crippen molar-refractivity contribution in [2.45, 2.75) is 58.9 Å². The minimum atomic E-state index is 0.334. The van der Waals surface area contributed by atoms with Gasteiger partial charge in [-0.25, -0.2) is 0 Å². The van der Waals surface area contributed by atoms with Crippen LogP contribution in [0.25, 0.3) is 0 Å². The second-order valence-electron chi connectivity index (χ2n) is 6.34. The van der Waals surface area contributed by atoms with Gasteiger partial charge in [-0.3, -0.25) is 4.79 Å². The van der Waals surface area contributed by atoms with Gasteiger partial charge in [0.05, 0.1) is 0 Å². The Labute approximate surface area is 123 Å². The molecule has 2 nitrogen and oxygen atoms in total. The van der Waals surface area contributed by atoms with Crippen LogP contribution < -0.4 is 0 Å². The molecule has 110 valence electrons. The van der Waals surface area contributed by atoms with Gasteiger partial charge in [-0.05, 0) is 42.7 Å². The van der Waals surface area contributed by atoms with Crippen molar-refractivity contribution in [3.8, 4) is 0 Å². The number of amides is 1. The average molecular weight is 273 g/mol. The first-order valence-corrected chi connectivity index (χ1v) is 7.97. The Hall–Kier alpha value is -1.31. The molecule has 1 amide bonds. The minimum Gasteiger partial charge on any atom is -0.339 e. The van der Waals surface area contributed by atoms with Crippen LogP contribution in [0.5, 0.6) is 0 Å². The summed E-state index contributed by atoms with van der Waals surface area (Å²) in [5.74, 6) is 0.893. The lowest BCUT2D eigenvalue weighted by atomic mass is 10.1. The van der Waals surface area contributed by atoms with Crippen LogP contribution in [-0.4, -0.2) is 23.4 Å². The highest BCUT2D eigenvalue weighted by atomic mass is 16.2. The van der Waals surface area contributed by atoms with E-state index in [0.29, 0.717) is 24.3 Å². The summed E-state index contributed by atoms with van der Waals surface area (Å²) in [6.45, 7) is 7.45. The lowest BCUT2D eigenvalue weighted by Crippen LogP contribution is -2.36. The molecule has 0 bridgehead atoms. The lowest BCUT2D eigenvalue weighted by molar-refractivity contribution is -0.132. The second-order valence-corrected chi connectivity index (χ2v) is 6.34. The van der Waals surface area contributed by atoms with Crippen molar-refractivity contribution < 1.29 is 4.79 Å². The van der Waals surface area contributed by atoms with Gasteiger partial charge in [-0.1, -0.05) is 45.0 Å². The normalized spacial score (nSPS) is 14.6. The molecule has 0 aromatic heterocycles. The van der Waals surface area contributed by atoms with Crippen LogP contribution in [0, 0.1) is 5.92 Å². The Bertz CT molecular complexity index is 431. The summed E-state index contributed by atoms with van der Waals surface area (Å²) in [6, 6.07) is 9.21. The third-order valence-corrected chi connectivity index (χ3v) is 3.93. The number of hydrogen-bond acceptors (Lipinski definition) is 1. The smallest absolute Gasteiger partial charge is 0.223 e. The van der Waals surface area contributed by atoms with Crippen molar-refractivity contribution in [2.75, 3.05) is 6.54 Å². The maximum Gasteiger partial charge on any atom is 0.223 e. The molecular weight excluding hydrogens is 246 g/mol. The number of benzene rings is 1. The largest absolute Gasteiger partial charge is 0.339 e. The van der Waals surface area contributed by atoms with Crippen LogP contribution in [-0.2, 0) is 17.6 Å². The van der Waals surface area contributed by atoms with Gasteiger partial charge in [-0.2, -0.15) is 0 Å². The van der Waals surface area contributed by atoms with Crippen molar-refractivity contribution >= 4 is 5.91 Å². The van der Waals surface area contributed by atoms with Crippen molar-refractivity contribution in [1.82, 2.24) is 4.90 Å². The van der Waals surface area contributed by atoms with E-state index < -0.39 is 0 Å². The number of rotatable bonds is 7. The number of aryl methyl sites for hydroxylation is 2. The summed E-state index contributed by atoms with van der Waals surface area (Å²) in [6.07, 6.45) is 4.98. The van der Waals surface area contributed by atoms with E-state index in [-0.39, 0.29) is 0 Å². The molecule has 1 aromatic carbocycles. The third-order valence-electron chi connectivity index (χ3n) is 3.93. The van der Waals surface area contributed by atoms with Crippen molar-refractivity contribution in [2.24, 2.45) is 5.92 Å². The number of nitrogens with zero attached hydrogens (tertiary/aromatic N) is 1. The molecule has 1 aliphatic carbocycles. The van der Waals surface area contributed by atoms with E-state index in [1.807, 2.05) is 0 Å². The van der Waals surface area contributed by atoms with E-state index in [1.54, 1.807) is 0 Å². The van der Waals surface area contributed by atoms with Crippen LogP contribution in [0.3, 0.4) is 0 Å². The summed E-state index contributed by atoms with van der Waals surface area (Å²) in [5, 5.41) is 0. The predicted molar refractivity (Wildman–Crippen MR) is 83.7 cm³/mol. The second kappa shape index (κ2) is 6.92. The van der Waals surface area contributed by atoms with E-state index in [4.69, 9.17) is 0 Å². The zero-order chi connectivity index (χ0) is 14.5. The zero-order valence-electron chi connectivity index (χ0n) is 13.1. The van der Waals surface area contributed by atoms with Gasteiger partial charge in [0.1, 0.15) is 0 Å². The van der Waals surface area contributed by atoms with E-state index in [2.05, 4.69) is 49.9 Å². The summed E-state index contributed by atoms with van der Waals surface area (Å²) in [7, 11) is 0. The Kier molecular flexibility index (Phi) is 5.22. The summed E-state index contributed by atoms with van der Waals surface area (Å²) >= 11 is 0. The summed E-state index contributed by atoms with van der Waals surface area (Å²) in [4.78, 5) is 14.5. The lowest BCUT2D eigenvalue weighted by Gasteiger charge is -2.24. The molecule has 0 unspecified atom stereocenters. The first-order chi connectivity index (χ1) is 9.60. The molecule has 2 rings (SSSR count). The predicted octanol–water partition coefficient (Wildman–Crippen LogP) is 3.83. The number of hydrogen-bond donors (Lipinski definition) is 0. The third kappa shape index (κ3) is 4.36. The van der Waals surface area contributed by atoms with Crippen LogP contribution in [0.1, 0.15) is 51.2 Å². The first kappa shape index (κ1) is 15.1. The molecule has 1 aromatic rings. The molecule has 0 heterocycles. The van der Waals surface area contributed by atoms with Gasteiger partial charge in [0.15, 0.2) is 0 Å². The molecule has 0 atom stereocenters. The molecule has 2 heteroatoms. The van der Waals surface area contributed by atoms with Crippen LogP contribution in [0.15, 0.2) is 24.3 Å². The molecule has 1 fully saturated rings. The van der Waals surface area contributed by atoms with Crippen LogP contribution in [0.2, 0.25) is 0 Å². The van der Waals surface area contributed by atoms with Gasteiger partial charge in [0.25, 0.3) is 0 Å². The molecule has 0 radical (unpaired) electrons. The van der Waals surface area contributed by atoms with Gasteiger partial charge in [-0.15, -0.1) is 0 Å². The van der Waals surface area contributed by atoms with Crippen LogP contribution in [0.4, 0.5) is 0 Å². The molecule has 0 N–H and O–H groups in total. The Morgan fingerprint density at radius 1 is 1.20 bits per heavy atom. The number of carbonyl (C=O) groups is 1.